The van der Waals surface area contributed by atoms with Gasteiger partial charge in [-0.2, -0.15) is 4.98 Å². The molecule has 1 aromatic heterocycles. The minimum atomic E-state index is -0.764. The molecule has 1 aliphatic rings. The average Bonchev–Trinajstić information content (AvgIpc) is 3.46. The number of carbonyl (C=O) groups is 1. The number of carboxylic acid groups (broad SMARTS) is 1. The molecule has 2 aromatic carbocycles. The Labute approximate surface area is 230 Å². The van der Waals surface area contributed by atoms with E-state index in [1.54, 1.807) is 0 Å². The van der Waals surface area contributed by atoms with E-state index in [9.17, 15) is 9.90 Å². The van der Waals surface area contributed by atoms with Gasteiger partial charge in [0.25, 0.3) is 0 Å². The first kappa shape index (κ1) is 27.2. The number of ether oxygens (including phenoxy) is 1. The largest absolute Gasteiger partial charge is 0.481 e. The van der Waals surface area contributed by atoms with Crippen LogP contribution in [0.2, 0.25) is 5.02 Å². The highest BCUT2D eigenvalue weighted by atomic mass is 35.5. The quantitative estimate of drug-likeness (QED) is 0.0615. The average molecular weight is 562 g/mol. The lowest BCUT2D eigenvalue weighted by atomic mass is 10.1. The maximum Gasteiger partial charge on any atom is 0.309 e. The molecular weight excluding hydrogens is 532 g/mol. The minimum absolute atomic E-state index is 0.0761. The molecule has 1 saturated heterocycles. The third kappa shape index (κ3) is 6.93. The lowest BCUT2D eigenvalue weighted by Crippen LogP contribution is -2.34. The van der Waals surface area contributed by atoms with Crippen molar-refractivity contribution in [2.75, 3.05) is 37.1 Å². The summed E-state index contributed by atoms with van der Waals surface area (Å²) in [6.07, 6.45) is 0.963. The molecule has 2 atom stereocenters. The Kier molecular flexibility index (Phi) is 8.60. The predicted molar refractivity (Wildman–Crippen MR) is 152 cm³/mol. The Morgan fingerprint density at radius 1 is 1.22 bits per heavy atom. The second-order valence-electron chi connectivity index (χ2n) is 9.21. The molecule has 2 unspecified atom stereocenters. The Balaban J connectivity index is 1.30. The molecule has 37 heavy (non-hydrogen) atoms. The summed E-state index contributed by atoms with van der Waals surface area (Å²) in [5.41, 5.74) is 5.09. The Hall–Kier alpha value is -2.83. The van der Waals surface area contributed by atoms with E-state index in [2.05, 4.69) is 25.6 Å². The van der Waals surface area contributed by atoms with Crippen molar-refractivity contribution >= 4 is 65.0 Å². The van der Waals surface area contributed by atoms with Crippen LogP contribution in [0.25, 0.3) is 0 Å². The zero-order chi connectivity index (χ0) is 26.6. The van der Waals surface area contributed by atoms with Crippen molar-refractivity contribution in [2.45, 2.75) is 32.7 Å². The monoisotopic (exact) mass is 561 g/mol. The van der Waals surface area contributed by atoms with Gasteiger partial charge in [-0.25, -0.2) is 0 Å². The molecule has 2 heterocycles. The molecule has 0 bridgehead atoms. The number of aliphatic carboxylic acids is 1. The number of aryl methyl sites for hydroxylation is 2. The number of benzene rings is 2. The van der Waals surface area contributed by atoms with E-state index in [-0.39, 0.29) is 12.5 Å². The lowest BCUT2D eigenvalue weighted by molar-refractivity contribution is -0.137. The van der Waals surface area contributed by atoms with Crippen LogP contribution in [0.4, 0.5) is 23.0 Å². The molecular formula is C25H30ClN6O3S2+. The van der Waals surface area contributed by atoms with E-state index in [4.69, 9.17) is 40.8 Å². The number of H-pyrrole nitrogens is 2. The maximum absolute atomic E-state index is 11.4. The summed E-state index contributed by atoms with van der Waals surface area (Å²) in [7, 11) is 0. The topological polar surface area (TPSA) is 115 Å². The zero-order valence-corrected chi connectivity index (χ0v) is 23.0. The SMILES string of the molecule is Cc1cc(Cl)cc(C)c1[N+]1(CCCOCNc2cccc(Nc3nc(=S)[nH]c(=S)[nH]3)c2)CC1CC(=O)O. The van der Waals surface area contributed by atoms with Crippen LogP contribution in [0.15, 0.2) is 36.4 Å². The fourth-order valence-corrected chi connectivity index (χ4v) is 5.76. The van der Waals surface area contributed by atoms with Crippen LogP contribution in [-0.2, 0) is 9.53 Å². The molecule has 0 saturated carbocycles. The molecule has 1 fully saturated rings. The molecule has 0 aliphatic carbocycles. The highest BCUT2D eigenvalue weighted by Crippen LogP contribution is 2.45. The standard InChI is InChI=1S/C25H29ClN6O3S2/c1-15-9-17(26)10-16(2)22(15)32(13-20(32)12-21(33)34)7-4-8-35-14-27-18-5-3-6-19(11-18)28-23-29-24(36)31-25(37)30-23/h3,5-6,9-11,20,27H,4,7-8,12-14H2,1-2H3,(H3-,28,29,30,31,33,34,36,37)/p+1. The third-order valence-electron chi connectivity index (χ3n) is 6.43. The molecule has 12 heteroatoms. The molecule has 1 aliphatic heterocycles. The molecule has 0 amide bonds. The number of hydrogen-bond acceptors (Lipinski definition) is 7. The number of quaternary nitrogens is 1. The normalized spacial score (nSPS) is 18.4. The van der Waals surface area contributed by atoms with Gasteiger partial charge in [-0.15, -0.1) is 0 Å². The fourth-order valence-electron chi connectivity index (χ4n) is 4.99. The summed E-state index contributed by atoms with van der Waals surface area (Å²) >= 11 is 16.4. The number of carboxylic acids is 1. The van der Waals surface area contributed by atoms with Gasteiger partial charge in [0, 0.05) is 33.9 Å². The highest BCUT2D eigenvalue weighted by molar-refractivity contribution is 7.71. The van der Waals surface area contributed by atoms with E-state index in [0.29, 0.717) is 38.3 Å². The number of nitrogens with one attached hydrogen (secondary N) is 4. The number of anilines is 3. The predicted octanol–water partition coefficient (Wildman–Crippen LogP) is 5.85. The van der Waals surface area contributed by atoms with Crippen molar-refractivity contribution in [3.8, 4) is 0 Å². The van der Waals surface area contributed by atoms with E-state index >= 15 is 0 Å². The van der Waals surface area contributed by atoms with E-state index < -0.39 is 5.97 Å². The number of nitrogens with zero attached hydrogens (tertiary/aromatic N) is 2. The molecule has 0 spiro atoms. The van der Waals surface area contributed by atoms with Gasteiger partial charge in [0.05, 0.1) is 13.2 Å². The van der Waals surface area contributed by atoms with Crippen molar-refractivity contribution in [1.82, 2.24) is 19.4 Å². The van der Waals surface area contributed by atoms with E-state index in [1.807, 2.05) is 50.2 Å². The van der Waals surface area contributed by atoms with Gasteiger partial charge in [0.15, 0.2) is 10.8 Å². The highest BCUT2D eigenvalue weighted by Gasteiger charge is 2.58. The number of aromatic nitrogens is 3. The first-order valence-corrected chi connectivity index (χ1v) is 13.1. The van der Waals surface area contributed by atoms with Crippen molar-refractivity contribution in [2.24, 2.45) is 0 Å². The van der Waals surface area contributed by atoms with Crippen molar-refractivity contribution < 1.29 is 14.6 Å². The summed E-state index contributed by atoms with van der Waals surface area (Å²) in [5.74, 6) is -0.304. The smallest absolute Gasteiger partial charge is 0.309 e. The molecule has 5 N–H and O–H groups in total. The van der Waals surface area contributed by atoms with Crippen LogP contribution in [0.5, 0.6) is 0 Å². The molecule has 0 radical (unpaired) electrons. The number of aromatic amines is 2. The molecule has 196 valence electrons. The van der Waals surface area contributed by atoms with Gasteiger partial charge in [-0.3, -0.25) is 9.28 Å². The Morgan fingerprint density at radius 2 is 1.95 bits per heavy atom. The van der Waals surface area contributed by atoms with Gasteiger partial charge < -0.3 is 30.4 Å². The van der Waals surface area contributed by atoms with Crippen molar-refractivity contribution in [3.05, 3.63) is 62.1 Å². The summed E-state index contributed by atoms with van der Waals surface area (Å²) in [6, 6.07) is 11.7. The summed E-state index contributed by atoms with van der Waals surface area (Å²) in [4.78, 5) is 21.3. The van der Waals surface area contributed by atoms with Crippen LogP contribution >= 0.6 is 36.0 Å². The first-order chi connectivity index (χ1) is 17.7. The minimum Gasteiger partial charge on any atom is -0.481 e. The third-order valence-corrected chi connectivity index (χ3v) is 7.04. The van der Waals surface area contributed by atoms with Gasteiger partial charge in [0.2, 0.25) is 10.7 Å². The van der Waals surface area contributed by atoms with Crippen molar-refractivity contribution in [1.29, 1.82) is 0 Å². The first-order valence-electron chi connectivity index (χ1n) is 11.9. The van der Waals surface area contributed by atoms with Gasteiger partial charge >= 0.3 is 5.97 Å². The number of halogens is 1. The number of hydrogen-bond donors (Lipinski definition) is 5. The maximum atomic E-state index is 11.4. The summed E-state index contributed by atoms with van der Waals surface area (Å²) in [5, 5.41) is 16.5. The second-order valence-corrected chi connectivity index (χ2v) is 10.4. The van der Waals surface area contributed by atoms with Crippen LogP contribution in [0.3, 0.4) is 0 Å². The van der Waals surface area contributed by atoms with Crippen LogP contribution in [-0.4, -0.2) is 58.5 Å². The molecule has 9 nitrogen and oxygen atoms in total. The van der Waals surface area contributed by atoms with Gasteiger partial charge in [0.1, 0.15) is 25.4 Å². The Bertz CT molecular complexity index is 1360. The lowest BCUT2D eigenvalue weighted by Gasteiger charge is -2.24. The summed E-state index contributed by atoms with van der Waals surface area (Å²) < 4.78 is 7.22. The molecule has 4 rings (SSSR count). The molecule has 3 aromatic rings. The van der Waals surface area contributed by atoms with Gasteiger partial charge in [-0.1, -0.05) is 17.7 Å². The zero-order valence-electron chi connectivity index (χ0n) is 20.6. The van der Waals surface area contributed by atoms with Crippen LogP contribution in [0, 0.1) is 23.4 Å². The van der Waals surface area contributed by atoms with Crippen LogP contribution < -0.4 is 15.1 Å². The van der Waals surface area contributed by atoms with Gasteiger partial charge in [-0.05, 0) is 68.6 Å². The number of rotatable bonds is 12. The second kappa shape index (κ2) is 11.7. The fraction of sp³-hybridized carbons (Fsp3) is 0.360. The van der Waals surface area contributed by atoms with Crippen molar-refractivity contribution in [3.63, 3.8) is 0 Å². The van der Waals surface area contributed by atoms with Crippen LogP contribution in [0.1, 0.15) is 24.0 Å². The van der Waals surface area contributed by atoms with E-state index in [1.165, 1.54) is 5.69 Å². The summed E-state index contributed by atoms with van der Waals surface area (Å²) in [6.45, 7) is 6.62. The Morgan fingerprint density at radius 3 is 2.65 bits per heavy atom. The van der Waals surface area contributed by atoms with E-state index in [0.717, 1.165) is 42.0 Å².